The summed E-state index contributed by atoms with van der Waals surface area (Å²) >= 11 is 1.39. The summed E-state index contributed by atoms with van der Waals surface area (Å²) < 4.78 is 1.67. The van der Waals surface area contributed by atoms with Crippen molar-refractivity contribution in [2.75, 3.05) is 5.75 Å². The number of rotatable bonds is 7. The molecule has 0 aliphatic carbocycles. The lowest BCUT2D eigenvalue weighted by atomic mass is 10.0. The molecule has 3 aromatic rings. The Balaban J connectivity index is 2.14. The van der Waals surface area contributed by atoms with Crippen molar-refractivity contribution in [2.24, 2.45) is 5.92 Å². The lowest BCUT2D eigenvalue weighted by Crippen LogP contribution is -2.23. The molecule has 0 saturated carbocycles. The van der Waals surface area contributed by atoms with E-state index in [9.17, 15) is 10.1 Å². The standard InChI is InChI=1S/C23H22N4OS/c1-16(2)18-9-4-6-12-21(18)27-22(28)19-10-3-5-11-20(19)26-23(27)29-15-17(14-25)8-7-13-24/h3-6,9-12,16-17H,7-8,15H2,1-2H3/t17-/m0/s1. The average Bonchev–Trinajstić information content (AvgIpc) is 2.74. The van der Waals surface area contributed by atoms with E-state index in [1.165, 1.54) is 11.8 Å². The first-order chi connectivity index (χ1) is 14.1. The van der Waals surface area contributed by atoms with Gasteiger partial charge in [0.1, 0.15) is 0 Å². The first-order valence-electron chi connectivity index (χ1n) is 9.57. The minimum atomic E-state index is -0.267. The van der Waals surface area contributed by atoms with Gasteiger partial charge in [-0.3, -0.25) is 9.36 Å². The third-order valence-electron chi connectivity index (χ3n) is 4.75. The molecule has 1 heterocycles. The van der Waals surface area contributed by atoms with Gasteiger partial charge in [0.15, 0.2) is 5.16 Å². The maximum Gasteiger partial charge on any atom is 0.266 e. The number of nitriles is 2. The molecule has 1 atom stereocenters. The molecular weight excluding hydrogens is 380 g/mol. The van der Waals surface area contributed by atoms with Crippen molar-refractivity contribution in [1.82, 2.24) is 9.55 Å². The molecule has 5 nitrogen and oxygen atoms in total. The summed E-state index contributed by atoms with van der Waals surface area (Å²) in [5.74, 6) is 0.453. The number of hydrogen-bond acceptors (Lipinski definition) is 5. The van der Waals surface area contributed by atoms with Crippen LogP contribution in [0.3, 0.4) is 0 Å². The van der Waals surface area contributed by atoms with E-state index in [1.54, 1.807) is 10.6 Å². The van der Waals surface area contributed by atoms with Gasteiger partial charge in [-0.2, -0.15) is 10.5 Å². The van der Waals surface area contributed by atoms with Crippen LogP contribution < -0.4 is 5.56 Å². The maximum absolute atomic E-state index is 13.4. The van der Waals surface area contributed by atoms with Crippen LogP contribution in [-0.4, -0.2) is 15.3 Å². The van der Waals surface area contributed by atoms with E-state index >= 15 is 0 Å². The highest BCUT2D eigenvalue weighted by molar-refractivity contribution is 7.99. The average molecular weight is 403 g/mol. The van der Waals surface area contributed by atoms with Crippen molar-refractivity contribution in [2.45, 2.75) is 37.8 Å². The molecule has 0 spiro atoms. The number of hydrogen-bond donors (Lipinski definition) is 0. The van der Waals surface area contributed by atoms with Gasteiger partial charge in [0, 0.05) is 12.2 Å². The van der Waals surface area contributed by atoms with E-state index in [1.807, 2.05) is 42.5 Å². The van der Waals surface area contributed by atoms with Gasteiger partial charge in [-0.1, -0.05) is 55.9 Å². The molecule has 0 saturated heterocycles. The fourth-order valence-corrected chi connectivity index (χ4v) is 4.26. The number of benzene rings is 2. The molecule has 146 valence electrons. The number of thioether (sulfide) groups is 1. The Bertz CT molecular complexity index is 1150. The smallest absolute Gasteiger partial charge is 0.266 e. The molecule has 29 heavy (non-hydrogen) atoms. The summed E-state index contributed by atoms with van der Waals surface area (Å²) in [6.45, 7) is 4.19. The number of aromatic nitrogens is 2. The second-order valence-electron chi connectivity index (χ2n) is 7.10. The zero-order valence-electron chi connectivity index (χ0n) is 16.5. The molecule has 0 N–H and O–H groups in total. The van der Waals surface area contributed by atoms with Gasteiger partial charge in [-0.15, -0.1) is 0 Å². The fourth-order valence-electron chi connectivity index (χ4n) is 3.20. The van der Waals surface area contributed by atoms with Gasteiger partial charge in [0.05, 0.1) is 34.6 Å². The van der Waals surface area contributed by atoms with Crippen LogP contribution in [0.25, 0.3) is 16.6 Å². The quantitative estimate of drug-likeness (QED) is 0.408. The van der Waals surface area contributed by atoms with Gasteiger partial charge in [0.25, 0.3) is 5.56 Å². The lowest BCUT2D eigenvalue weighted by Gasteiger charge is -2.18. The number of nitrogens with zero attached hydrogens (tertiary/aromatic N) is 4. The third-order valence-corrected chi connectivity index (χ3v) is 5.85. The number of fused-ring (bicyclic) bond motifs is 1. The summed E-state index contributed by atoms with van der Waals surface area (Å²) in [4.78, 5) is 18.2. The van der Waals surface area contributed by atoms with Crippen LogP contribution in [0.2, 0.25) is 0 Å². The topological polar surface area (TPSA) is 82.5 Å². The van der Waals surface area contributed by atoms with Crippen LogP contribution in [0.4, 0.5) is 0 Å². The molecule has 1 aromatic heterocycles. The Morgan fingerprint density at radius 3 is 2.55 bits per heavy atom. The Hall–Kier alpha value is -3.09. The van der Waals surface area contributed by atoms with Crippen LogP contribution in [0.15, 0.2) is 58.5 Å². The second kappa shape index (κ2) is 9.41. The Kier molecular flexibility index (Phi) is 6.69. The van der Waals surface area contributed by atoms with E-state index in [-0.39, 0.29) is 17.4 Å². The highest BCUT2D eigenvalue weighted by Crippen LogP contribution is 2.28. The molecule has 0 bridgehead atoms. The fraction of sp³-hybridized carbons (Fsp3) is 0.304. The predicted molar refractivity (Wildman–Crippen MR) is 116 cm³/mol. The lowest BCUT2D eigenvalue weighted by molar-refractivity contribution is 0.682. The van der Waals surface area contributed by atoms with Crippen molar-refractivity contribution in [3.63, 3.8) is 0 Å². The van der Waals surface area contributed by atoms with E-state index in [2.05, 4.69) is 26.0 Å². The number of para-hydroxylation sites is 2. The highest BCUT2D eigenvalue weighted by Gasteiger charge is 2.18. The molecule has 0 aliphatic heterocycles. The van der Waals surface area contributed by atoms with Crippen molar-refractivity contribution >= 4 is 22.7 Å². The van der Waals surface area contributed by atoms with E-state index in [0.29, 0.717) is 34.7 Å². The molecule has 2 aromatic carbocycles. The Morgan fingerprint density at radius 2 is 1.83 bits per heavy atom. The van der Waals surface area contributed by atoms with E-state index in [0.717, 1.165) is 11.3 Å². The van der Waals surface area contributed by atoms with Crippen LogP contribution in [0.5, 0.6) is 0 Å². The minimum Gasteiger partial charge on any atom is -0.268 e. The summed E-state index contributed by atoms with van der Waals surface area (Å²) in [6, 6.07) is 19.5. The summed E-state index contributed by atoms with van der Waals surface area (Å²) in [5.41, 5.74) is 2.41. The van der Waals surface area contributed by atoms with Crippen LogP contribution in [0, 0.1) is 28.6 Å². The molecule has 6 heteroatoms. The molecule has 0 amide bonds. The van der Waals surface area contributed by atoms with E-state index < -0.39 is 0 Å². The third kappa shape index (κ3) is 4.50. The van der Waals surface area contributed by atoms with Gasteiger partial charge in [0.2, 0.25) is 0 Å². The van der Waals surface area contributed by atoms with Crippen LogP contribution in [0.1, 0.15) is 38.2 Å². The second-order valence-corrected chi connectivity index (χ2v) is 8.09. The molecular formula is C23H22N4OS. The molecule has 0 radical (unpaired) electrons. The Labute approximate surface area is 174 Å². The van der Waals surface area contributed by atoms with Crippen molar-refractivity contribution in [3.05, 3.63) is 64.4 Å². The summed E-state index contributed by atoms with van der Waals surface area (Å²) in [7, 11) is 0. The van der Waals surface area contributed by atoms with Crippen molar-refractivity contribution in [3.8, 4) is 17.8 Å². The van der Waals surface area contributed by atoms with Crippen LogP contribution >= 0.6 is 11.8 Å². The zero-order valence-corrected chi connectivity index (χ0v) is 17.3. The molecule has 0 aliphatic rings. The van der Waals surface area contributed by atoms with E-state index in [4.69, 9.17) is 10.2 Å². The first kappa shape index (κ1) is 20.6. The van der Waals surface area contributed by atoms with Crippen molar-refractivity contribution in [1.29, 1.82) is 10.5 Å². The normalized spacial score (nSPS) is 11.9. The summed E-state index contributed by atoms with van der Waals surface area (Å²) in [5, 5.41) is 19.3. The van der Waals surface area contributed by atoms with Crippen LogP contribution in [-0.2, 0) is 0 Å². The maximum atomic E-state index is 13.4. The molecule has 0 fully saturated rings. The van der Waals surface area contributed by atoms with Gasteiger partial charge in [-0.25, -0.2) is 4.98 Å². The first-order valence-corrected chi connectivity index (χ1v) is 10.6. The SMILES string of the molecule is CC(C)c1ccccc1-n1c(SC[C@H](C#N)CCC#N)nc2ccccc2c1=O. The monoisotopic (exact) mass is 402 g/mol. The highest BCUT2D eigenvalue weighted by atomic mass is 32.2. The predicted octanol–water partition coefficient (Wildman–Crippen LogP) is 5.04. The van der Waals surface area contributed by atoms with Gasteiger partial charge < -0.3 is 0 Å². The van der Waals surface area contributed by atoms with Crippen molar-refractivity contribution < 1.29 is 0 Å². The minimum absolute atomic E-state index is 0.114. The Morgan fingerprint density at radius 1 is 1.10 bits per heavy atom. The van der Waals surface area contributed by atoms with Gasteiger partial charge in [-0.05, 0) is 36.1 Å². The van der Waals surface area contributed by atoms with Gasteiger partial charge >= 0.3 is 0 Å². The largest absolute Gasteiger partial charge is 0.268 e. The molecule has 3 rings (SSSR count). The summed E-state index contributed by atoms with van der Waals surface area (Å²) in [6.07, 6.45) is 0.854. The molecule has 0 unspecified atom stereocenters. The zero-order chi connectivity index (χ0) is 20.8.